The number of aliphatic hydroxyl groups is 1. The topological polar surface area (TPSA) is 58.9 Å². The van der Waals surface area contributed by atoms with Crippen LogP contribution in [0.15, 0.2) is 33.5 Å². The van der Waals surface area contributed by atoms with Crippen molar-refractivity contribution in [2.24, 2.45) is 0 Å². The fraction of sp³-hybridized carbons (Fsp3) is 0.100. The zero-order valence-corrected chi connectivity index (χ0v) is 11.2. The van der Waals surface area contributed by atoms with Crippen LogP contribution in [0.3, 0.4) is 0 Å². The molecule has 2 aromatic rings. The van der Waals surface area contributed by atoms with Gasteiger partial charge in [-0.1, -0.05) is 0 Å². The van der Waals surface area contributed by atoms with E-state index in [1.807, 2.05) is 6.07 Å². The second-order valence-electron chi connectivity index (χ2n) is 3.01. The fourth-order valence-electron chi connectivity index (χ4n) is 1.18. The zero-order valence-electron chi connectivity index (χ0n) is 8.06. The minimum atomic E-state index is -0.107. The number of halogens is 2. The summed E-state index contributed by atoms with van der Waals surface area (Å²) in [5, 5.41) is 8.99. The summed E-state index contributed by atoms with van der Waals surface area (Å²) in [4.78, 5) is 12.5. The first-order valence-electron chi connectivity index (χ1n) is 4.45. The van der Waals surface area contributed by atoms with Gasteiger partial charge >= 0.3 is 0 Å². The summed E-state index contributed by atoms with van der Waals surface area (Å²) in [5.74, 6) is 0.492. The van der Waals surface area contributed by atoms with Gasteiger partial charge in [-0.25, -0.2) is 9.97 Å². The third-order valence-electron chi connectivity index (χ3n) is 1.89. The maximum atomic E-state index is 8.99. The van der Waals surface area contributed by atoms with Gasteiger partial charge in [0.15, 0.2) is 5.82 Å². The number of aliphatic hydroxyl groups excluding tert-OH is 1. The van der Waals surface area contributed by atoms with Crippen LogP contribution in [0.4, 0.5) is 0 Å². The lowest BCUT2D eigenvalue weighted by atomic mass is 10.3. The van der Waals surface area contributed by atoms with Crippen LogP contribution in [0.25, 0.3) is 11.5 Å². The van der Waals surface area contributed by atoms with E-state index in [2.05, 4.69) is 46.8 Å². The molecule has 0 aromatic carbocycles. The molecule has 0 aliphatic carbocycles. The summed E-state index contributed by atoms with van der Waals surface area (Å²) in [7, 11) is 0. The summed E-state index contributed by atoms with van der Waals surface area (Å²) < 4.78 is 1.68. The van der Waals surface area contributed by atoms with Gasteiger partial charge in [-0.15, -0.1) is 0 Å². The normalized spacial score (nSPS) is 10.4. The Morgan fingerprint density at radius 1 is 1.25 bits per heavy atom. The van der Waals surface area contributed by atoms with Crippen LogP contribution in [-0.2, 0) is 6.61 Å². The van der Waals surface area contributed by atoms with Crippen molar-refractivity contribution in [3.8, 4) is 11.5 Å². The Morgan fingerprint density at radius 3 is 2.75 bits per heavy atom. The van der Waals surface area contributed by atoms with Crippen LogP contribution < -0.4 is 0 Å². The average Bonchev–Trinajstić information content (AvgIpc) is 2.29. The van der Waals surface area contributed by atoms with E-state index in [1.54, 1.807) is 18.5 Å². The maximum Gasteiger partial charge on any atom is 0.179 e. The van der Waals surface area contributed by atoms with Gasteiger partial charge in [-0.05, 0) is 44.0 Å². The number of rotatable bonds is 2. The Morgan fingerprint density at radius 2 is 2.06 bits per heavy atom. The van der Waals surface area contributed by atoms with Crippen LogP contribution >= 0.6 is 31.9 Å². The van der Waals surface area contributed by atoms with E-state index in [1.165, 1.54) is 0 Å². The molecule has 0 aliphatic rings. The number of nitrogens with zero attached hydrogens (tertiary/aromatic N) is 3. The number of hydrogen-bond donors (Lipinski definition) is 1. The highest BCUT2D eigenvalue weighted by Crippen LogP contribution is 2.25. The van der Waals surface area contributed by atoms with Crippen molar-refractivity contribution in [3.63, 3.8) is 0 Å². The molecule has 0 atom stereocenters. The minimum absolute atomic E-state index is 0.107. The van der Waals surface area contributed by atoms with Crippen molar-refractivity contribution in [3.05, 3.63) is 39.2 Å². The summed E-state index contributed by atoms with van der Waals surface area (Å²) >= 11 is 6.72. The van der Waals surface area contributed by atoms with Gasteiger partial charge in [0.25, 0.3) is 0 Å². The molecule has 16 heavy (non-hydrogen) atoms. The van der Waals surface area contributed by atoms with E-state index in [-0.39, 0.29) is 6.61 Å². The van der Waals surface area contributed by atoms with Gasteiger partial charge in [0, 0.05) is 21.3 Å². The molecule has 0 saturated heterocycles. The van der Waals surface area contributed by atoms with Gasteiger partial charge < -0.3 is 5.11 Å². The van der Waals surface area contributed by atoms with E-state index < -0.39 is 0 Å². The molecule has 0 fully saturated rings. The molecule has 0 saturated carbocycles. The predicted octanol–water partition coefficient (Wildman–Crippen LogP) is 2.56. The summed E-state index contributed by atoms with van der Waals surface area (Å²) in [6, 6.07) is 3.54. The molecule has 2 aromatic heterocycles. The van der Waals surface area contributed by atoms with Crippen molar-refractivity contribution in [1.29, 1.82) is 0 Å². The number of aromatic nitrogens is 3. The lowest BCUT2D eigenvalue weighted by Gasteiger charge is -2.03. The summed E-state index contributed by atoms with van der Waals surface area (Å²) in [6.45, 7) is -0.107. The number of pyridine rings is 1. The van der Waals surface area contributed by atoms with Gasteiger partial charge in [0.2, 0.25) is 0 Å². The number of hydrogen-bond acceptors (Lipinski definition) is 4. The highest BCUT2D eigenvalue weighted by Gasteiger charge is 2.08. The standard InChI is InChI=1S/C10H7Br2N3O/c11-6-3-8(12)9(14-4-6)10-13-2-1-7(5-16)15-10/h1-4,16H,5H2. The smallest absolute Gasteiger partial charge is 0.179 e. The summed E-state index contributed by atoms with van der Waals surface area (Å²) in [6.07, 6.45) is 3.28. The molecule has 82 valence electrons. The van der Waals surface area contributed by atoms with Gasteiger partial charge in [0.1, 0.15) is 5.69 Å². The molecule has 0 bridgehead atoms. The quantitative estimate of drug-likeness (QED) is 0.909. The Hall–Kier alpha value is -0.850. The molecule has 6 heteroatoms. The third kappa shape index (κ3) is 2.45. The van der Waals surface area contributed by atoms with Gasteiger partial charge in [-0.3, -0.25) is 4.98 Å². The Kier molecular flexibility index (Phi) is 3.63. The average molecular weight is 345 g/mol. The van der Waals surface area contributed by atoms with Gasteiger partial charge in [-0.2, -0.15) is 0 Å². The molecule has 0 radical (unpaired) electrons. The SMILES string of the molecule is OCc1ccnc(-c2ncc(Br)cc2Br)n1. The summed E-state index contributed by atoms with van der Waals surface area (Å²) in [5.41, 5.74) is 1.22. The first-order chi connectivity index (χ1) is 7.70. The molecule has 4 nitrogen and oxygen atoms in total. The molecular formula is C10H7Br2N3O. The third-order valence-corrected chi connectivity index (χ3v) is 2.93. The molecule has 0 amide bonds. The molecular weight excluding hydrogens is 338 g/mol. The molecule has 0 unspecified atom stereocenters. The molecule has 1 N–H and O–H groups in total. The lowest BCUT2D eigenvalue weighted by Crippen LogP contribution is -1.96. The van der Waals surface area contributed by atoms with Crippen molar-refractivity contribution in [2.45, 2.75) is 6.61 Å². The van der Waals surface area contributed by atoms with Crippen LogP contribution in [-0.4, -0.2) is 20.1 Å². The highest BCUT2D eigenvalue weighted by molar-refractivity contribution is 9.11. The van der Waals surface area contributed by atoms with Gasteiger partial charge in [0.05, 0.1) is 12.3 Å². The van der Waals surface area contributed by atoms with Crippen LogP contribution in [0, 0.1) is 0 Å². The lowest BCUT2D eigenvalue weighted by molar-refractivity contribution is 0.277. The predicted molar refractivity (Wildman–Crippen MR) is 66.6 cm³/mol. The van der Waals surface area contributed by atoms with Crippen LogP contribution in [0.1, 0.15) is 5.69 Å². The van der Waals surface area contributed by atoms with Crippen molar-refractivity contribution >= 4 is 31.9 Å². The van der Waals surface area contributed by atoms with Crippen molar-refractivity contribution < 1.29 is 5.11 Å². The second-order valence-corrected chi connectivity index (χ2v) is 4.78. The fourth-order valence-corrected chi connectivity index (χ4v) is 2.34. The van der Waals surface area contributed by atoms with Crippen LogP contribution in [0.5, 0.6) is 0 Å². The molecule has 0 spiro atoms. The molecule has 0 aliphatic heterocycles. The maximum absolute atomic E-state index is 8.99. The highest BCUT2D eigenvalue weighted by atomic mass is 79.9. The van der Waals surface area contributed by atoms with E-state index >= 15 is 0 Å². The van der Waals surface area contributed by atoms with E-state index in [9.17, 15) is 0 Å². The Bertz CT molecular complexity index is 519. The van der Waals surface area contributed by atoms with Crippen molar-refractivity contribution in [2.75, 3.05) is 0 Å². The monoisotopic (exact) mass is 343 g/mol. The van der Waals surface area contributed by atoms with Crippen LogP contribution in [0.2, 0.25) is 0 Å². The van der Waals surface area contributed by atoms with Crippen molar-refractivity contribution in [1.82, 2.24) is 15.0 Å². The zero-order chi connectivity index (χ0) is 11.5. The Balaban J connectivity index is 2.49. The van der Waals surface area contributed by atoms with E-state index in [4.69, 9.17) is 5.11 Å². The first kappa shape index (κ1) is 11.6. The molecule has 2 heterocycles. The minimum Gasteiger partial charge on any atom is -0.390 e. The molecule has 2 rings (SSSR count). The second kappa shape index (κ2) is 4.99. The first-order valence-corrected chi connectivity index (χ1v) is 6.03. The Labute approximate surface area is 109 Å². The largest absolute Gasteiger partial charge is 0.390 e. The van der Waals surface area contributed by atoms with E-state index in [0.29, 0.717) is 17.2 Å². The van der Waals surface area contributed by atoms with E-state index in [0.717, 1.165) is 8.95 Å².